The third-order valence-corrected chi connectivity index (χ3v) is 3.53. The molecule has 0 radical (unpaired) electrons. The van der Waals surface area contributed by atoms with Gasteiger partial charge in [0.1, 0.15) is 6.10 Å². The lowest BCUT2D eigenvalue weighted by molar-refractivity contribution is -0.155. The minimum atomic E-state index is -0.0419. The largest absolute Gasteiger partial charge is 0.462 e. The van der Waals surface area contributed by atoms with Gasteiger partial charge in [-0.3, -0.25) is 4.79 Å². The number of ether oxygens (including phenoxy) is 1. The maximum atomic E-state index is 11.3. The Labute approximate surface area is 93.4 Å². The second kappa shape index (κ2) is 5.53. The molecule has 1 rings (SSSR count). The van der Waals surface area contributed by atoms with Crippen LogP contribution < -0.4 is 0 Å². The van der Waals surface area contributed by atoms with Gasteiger partial charge < -0.3 is 4.74 Å². The van der Waals surface area contributed by atoms with Crippen LogP contribution in [0.1, 0.15) is 53.4 Å². The van der Waals surface area contributed by atoms with Gasteiger partial charge in [0, 0.05) is 6.42 Å². The van der Waals surface area contributed by atoms with E-state index in [2.05, 4.69) is 20.8 Å². The first-order valence-electron chi connectivity index (χ1n) is 6.24. The summed E-state index contributed by atoms with van der Waals surface area (Å²) in [7, 11) is 0. The minimum Gasteiger partial charge on any atom is -0.462 e. The summed E-state index contributed by atoms with van der Waals surface area (Å²) in [5.41, 5.74) is 0. The Kier molecular flexibility index (Phi) is 4.62. The average molecular weight is 212 g/mol. The van der Waals surface area contributed by atoms with Gasteiger partial charge in [-0.15, -0.1) is 0 Å². The van der Waals surface area contributed by atoms with Gasteiger partial charge in [0.15, 0.2) is 0 Å². The van der Waals surface area contributed by atoms with Crippen molar-refractivity contribution in [3.05, 3.63) is 0 Å². The maximum Gasteiger partial charge on any atom is 0.305 e. The highest BCUT2D eigenvalue weighted by Crippen LogP contribution is 2.35. The van der Waals surface area contributed by atoms with Crippen molar-refractivity contribution in [1.82, 2.24) is 0 Å². The first kappa shape index (κ1) is 12.5. The van der Waals surface area contributed by atoms with Crippen LogP contribution in [-0.4, -0.2) is 12.1 Å². The van der Waals surface area contributed by atoms with Gasteiger partial charge in [-0.05, 0) is 30.6 Å². The molecule has 0 spiro atoms. The van der Waals surface area contributed by atoms with Gasteiger partial charge >= 0.3 is 5.97 Å². The van der Waals surface area contributed by atoms with E-state index in [9.17, 15) is 4.79 Å². The number of esters is 1. The van der Waals surface area contributed by atoms with Crippen molar-refractivity contribution in [2.24, 2.45) is 17.8 Å². The molecule has 1 fully saturated rings. The lowest BCUT2D eigenvalue weighted by atomic mass is 9.75. The highest BCUT2D eigenvalue weighted by atomic mass is 16.5. The summed E-state index contributed by atoms with van der Waals surface area (Å²) in [6, 6.07) is 0. The predicted molar refractivity (Wildman–Crippen MR) is 61.5 cm³/mol. The highest BCUT2D eigenvalue weighted by molar-refractivity contribution is 5.69. The van der Waals surface area contributed by atoms with E-state index in [1.807, 2.05) is 6.92 Å². The molecule has 0 saturated heterocycles. The van der Waals surface area contributed by atoms with Crippen LogP contribution >= 0.6 is 0 Å². The summed E-state index contributed by atoms with van der Waals surface area (Å²) >= 11 is 0. The predicted octanol–water partition coefficient (Wildman–Crippen LogP) is 3.40. The van der Waals surface area contributed by atoms with Crippen molar-refractivity contribution in [1.29, 1.82) is 0 Å². The van der Waals surface area contributed by atoms with E-state index in [0.29, 0.717) is 24.2 Å². The van der Waals surface area contributed by atoms with E-state index in [4.69, 9.17) is 4.74 Å². The van der Waals surface area contributed by atoms with Crippen molar-refractivity contribution in [2.75, 3.05) is 0 Å². The number of carbonyl (C=O) groups is 1. The number of rotatable bonds is 3. The summed E-state index contributed by atoms with van der Waals surface area (Å²) in [5, 5.41) is 0. The zero-order valence-corrected chi connectivity index (χ0v) is 10.5. The molecule has 1 saturated carbocycles. The summed E-state index contributed by atoms with van der Waals surface area (Å²) in [4.78, 5) is 11.3. The second-order valence-corrected chi connectivity index (χ2v) is 5.21. The second-order valence-electron chi connectivity index (χ2n) is 5.21. The molecule has 1 aliphatic rings. The van der Waals surface area contributed by atoms with E-state index in [0.717, 1.165) is 6.42 Å². The van der Waals surface area contributed by atoms with Crippen LogP contribution in [-0.2, 0) is 9.53 Å². The van der Waals surface area contributed by atoms with Crippen LogP contribution in [0.4, 0.5) is 0 Å². The molecular formula is C13H24O2. The van der Waals surface area contributed by atoms with E-state index >= 15 is 0 Å². The van der Waals surface area contributed by atoms with Crippen LogP contribution in [0.3, 0.4) is 0 Å². The average Bonchev–Trinajstić information content (AvgIpc) is 2.17. The molecule has 88 valence electrons. The highest BCUT2D eigenvalue weighted by Gasteiger charge is 2.32. The lowest BCUT2D eigenvalue weighted by Crippen LogP contribution is -2.35. The van der Waals surface area contributed by atoms with Crippen molar-refractivity contribution in [3.63, 3.8) is 0 Å². The Morgan fingerprint density at radius 3 is 2.60 bits per heavy atom. The summed E-state index contributed by atoms with van der Waals surface area (Å²) in [6.07, 6.45) is 4.20. The molecule has 2 heteroatoms. The van der Waals surface area contributed by atoms with Crippen LogP contribution in [0, 0.1) is 17.8 Å². The molecule has 0 aliphatic heterocycles. The molecule has 0 amide bonds. The Morgan fingerprint density at radius 2 is 2.07 bits per heavy atom. The normalized spacial score (nSPS) is 31.7. The van der Waals surface area contributed by atoms with Gasteiger partial charge in [-0.1, -0.05) is 34.1 Å². The van der Waals surface area contributed by atoms with E-state index < -0.39 is 0 Å². The molecule has 0 N–H and O–H groups in total. The van der Waals surface area contributed by atoms with Crippen molar-refractivity contribution in [2.45, 2.75) is 59.5 Å². The molecular weight excluding hydrogens is 188 g/mol. The Hall–Kier alpha value is -0.530. The fraction of sp³-hybridized carbons (Fsp3) is 0.923. The van der Waals surface area contributed by atoms with E-state index in [1.165, 1.54) is 12.8 Å². The molecule has 15 heavy (non-hydrogen) atoms. The Morgan fingerprint density at radius 1 is 1.40 bits per heavy atom. The number of carbonyl (C=O) groups excluding carboxylic acids is 1. The summed E-state index contributed by atoms with van der Waals surface area (Å²) in [5.74, 6) is 1.85. The first-order chi connectivity index (χ1) is 7.04. The van der Waals surface area contributed by atoms with Crippen LogP contribution in [0.2, 0.25) is 0 Å². The van der Waals surface area contributed by atoms with Crippen LogP contribution in [0.5, 0.6) is 0 Å². The minimum absolute atomic E-state index is 0.0419. The molecule has 0 bridgehead atoms. The smallest absolute Gasteiger partial charge is 0.305 e. The van der Waals surface area contributed by atoms with Crippen molar-refractivity contribution >= 4 is 5.97 Å². The number of hydrogen-bond donors (Lipinski definition) is 0. The third-order valence-electron chi connectivity index (χ3n) is 3.53. The molecule has 0 aromatic heterocycles. The zero-order valence-electron chi connectivity index (χ0n) is 10.5. The molecule has 0 aromatic rings. The first-order valence-corrected chi connectivity index (χ1v) is 6.24. The van der Waals surface area contributed by atoms with Gasteiger partial charge in [-0.2, -0.15) is 0 Å². The Bertz CT molecular complexity index is 211. The van der Waals surface area contributed by atoms with Gasteiger partial charge in [0.2, 0.25) is 0 Å². The SMILES string of the molecule is CCC(=O)O[C@@H]1C[C@H](C)CCC1C(C)C. The molecule has 0 heterocycles. The fourth-order valence-electron chi connectivity index (χ4n) is 2.50. The summed E-state index contributed by atoms with van der Waals surface area (Å²) in [6.45, 7) is 8.57. The number of hydrogen-bond acceptors (Lipinski definition) is 2. The lowest BCUT2D eigenvalue weighted by Gasteiger charge is -2.36. The molecule has 2 nitrogen and oxygen atoms in total. The van der Waals surface area contributed by atoms with Crippen molar-refractivity contribution < 1.29 is 9.53 Å². The summed E-state index contributed by atoms with van der Waals surface area (Å²) < 4.78 is 5.55. The van der Waals surface area contributed by atoms with Crippen molar-refractivity contribution in [3.8, 4) is 0 Å². The molecule has 3 atom stereocenters. The van der Waals surface area contributed by atoms with E-state index in [-0.39, 0.29) is 12.1 Å². The van der Waals surface area contributed by atoms with Gasteiger partial charge in [0.05, 0.1) is 0 Å². The topological polar surface area (TPSA) is 26.3 Å². The van der Waals surface area contributed by atoms with Gasteiger partial charge in [0.25, 0.3) is 0 Å². The van der Waals surface area contributed by atoms with E-state index in [1.54, 1.807) is 0 Å². The standard InChI is InChI=1S/C13H24O2/c1-5-13(14)15-12-8-10(4)6-7-11(12)9(2)3/h9-12H,5-8H2,1-4H3/t10-,11?,12-/m1/s1. The van der Waals surface area contributed by atoms with Crippen LogP contribution in [0.25, 0.3) is 0 Å². The molecule has 0 aromatic carbocycles. The quantitative estimate of drug-likeness (QED) is 0.670. The zero-order chi connectivity index (χ0) is 11.4. The van der Waals surface area contributed by atoms with Crippen LogP contribution in [0.15, 0.2) is 0 Å². The monoisotopic (exact) mass is 212 g/mol. The third kappa shape index (κ3) is 3.51. The maximum absolute atomic E-state index is 11.3. The molecule has 1 aliphatic carbocycles. The molecule has 1 unspecified atom stereocenters. The Balaban J connectivity index is 2.57. The van der Waals surface area contributed by atoms with Gasteiger partial charge in [-0.25, -0.2) is 0 Å². The fourth-order valence-corrected chi connectivity index (χ4v) is 2.50.